The molecule has 120 valence electrons. The van der Waals surface area contributed by atoms with Gasteiger partial charge in [-0.25, -0.2) is 0 Å². The maximum absolute atomic E-state index is 4.29. The van der Waals surface area contributed by atoms with E-state index >= 15 is 0 Å². The predicted molar refractivity (Wildman–Crippen MR) is 85.6 cm³/mol. The normalized spacial score (nSPS) is 18.5. The molecule has 0 amide bonds. The summed E-state index contributed by atoms with van der Waals surface area (Å²) in [5.74, 6) is 2.23. The zero-order valence-corrected chi connectivity index (χ0v) is 14.0. The minimum atomic E-state index is 0.0941. The SMILES string of the molecule is CCc1nnc2n1C[C@@H](NCc1cn[nH]c1C(C)(C)C)CC2. The van der Waals surface area contributed by atoms with Gasteiger partial charge >= 0.3 is 0 Å². The molecule has 1 aliphatic heterocycles. The van der Waals surface area contributed by atoms with Crippen LogP contribution in [0.15, 0.2) is 6.20 Å². The molecule has 2 aromatic rings. The first kappa shape index (κ1) is 15.2. The highest BCUT2D eigenvalue weighted by atomic mass is 15.3. The van der Waals surface area contributed by atoms with Crippen LogP contribution in [0, 0.1) is 0 Å². The van der Waals surface area contributed by atoms with Crippen molar-refractivity contribution >= 4 is 0 Å². The van der Waals surface area contributed by atoms with Gasteiger partial charge in [-0.05, 0) is 6.42 Å². The standard InChI is InChI=1S/C16H26N6/c1-5-13-19-20-14-7-6-12(10-22(13)14)17-8-11-9-18-21-15(11)16(2,3)4/h9,12,17H,5-8,10H2,1-4H3,(H,18,21)/t12-/m0/s1. The van der Waals surface area contributed by atoms with Gasteiger partial charge in [0.2, 0.25) is 0 Å². The lowest BCUT2D eigenvalue weighted by Crippen LogP contribution is -2.37. The first-order chi connectivity index (χ1) is 10.5. The van der Waals surface area contributed by atoms with E-state index in [0.717, 1.165) is 44.0 Å². The van der Waals surface area contributed by atoms with Crippen molar-refractivity contribution in [3.05, 3.63) is 29.1 Å². The zero-order valence-electron chi connectivity index (χ0n) is 14.0. The molecule has 0 bridgehead atoms. The van der Waals surface area contributed by atoms with Crippen LogP contribution in [0.1, 0.15) is 57.0 Å². The van der Waals surface area contributed by atoms with Crippen LogP contribution in [0.5, 0.6) is 0 Å². The minimum absolute atomic E-state index is 0.0941. The molecule has 0 aromatic carbocycles. The van der Waals surface area contributed by atoms with Crippen LogP contribution in [0.3, 0.4) is 0 Å². The minimum Gasteiger partial charge on any atom is -0.313 e. The van der Waals surface area contributed by atoms with Gasteiger partial charge in [-0.3, -0.25) is 5.10 Å². The summed E-state index contributed by atoms with van der Waals surface area (Å²) in [5.41, 5.74) is 2.57. The van der Waals surface area contributed by atoms with Crippen molar-refractivity contribution in [2.45, 2.75) is 71.5 Å². The van der Waals surface area contributed by atoms with Gasteiger partial charge < -0.3 is 9.88 Å². The van der Waals surface area contributed by atoms with Gasteiger partial charge in [-0.2, -0.15) is 5.10 Å². The van der Waals surface area contributed by atoms with Gasteiger partial charge in [0.15, 0.2) is 0 Å². The third kappa shape index (κ3) is 2.92. The molecule has 0 aliphatic carbocycles. The number of aromatic nitrogens is 5. The van der Waals surface area contributed by atoms with Crippen LogP contribution in [-0.4, -0.2) is 31.0 Å². The quantitative estimate of drug-likeness (QED) is 0.906. The smallest absolute Gasteiger partial charge is 0.133 e. The highest BCUT2D eigenvalue weighted by molar-refractivity contribution is 5.23. The Morgan fingerprint density at radius 1 is 1.36 bits per heavy atom. The maximum Gasteiger partial charge on any atom is 0.133 e. The van der Waals surface area contributed by atoms with E-state index in [0.29, 0.717) is 6.04 Å². The number of nitrogens with one attached hydrogen (secondary N) is 2. The number of aryl methyl sites for hydroxylation is 2. The summed E-state index contributed by atoms with van der Waals surface area (Å²) >= 11 is 0. The summed E-state index contributed by atoms with van der Waals surface area (Å²) in [6.45, 7) is 10.6. The summed E-state index contributed by atoms with van der Waals surface area (Å²) in [7, 11) is 0. The second-order valence-corrected chi connectivity index (χ2v) is 7.13. The zero-order chi connectivity index (χ0) is 15.7. The lowest BCUT2D eigenvalue weighted by atomic mass is 9.89. The van der Waals surface area contributed by atoms with Crippen molar-refractivity contribution in [3.8, 4) is 0 Å². The second kappa shape index (κ2) is 5.83. The maximum atomic E-state index is 4.29. The van der Waals surface area contributed by atoms with Crippen LogP contribution >= 0.6 is 0 Å². The molecule has 22 heavy (non-hydrogen) atoms. The van der Waals surface area contributed by atoms with Gasteiger partial charge in [0.1, 0.15) is 11.6 Å². The van der Waals surface area contributed by atoms with Crippen molar-refractivity contribution in [1.29, 1.82) is 0 Å². The van der Waals surface area contributed by atoms with Gasteiger partial charge in [0.25, 0.3) is 0 Å². The van der Waals surface area contributed by atoms with Gasteiger partial charge in [0, 0.05) is 48.6 Å². The topological polar surface area (TPSA) is 71.4 Å². The number of hydrogen-bond acceptors (Lipinski definition) is 4. The lowest BCUT2D eigenvalue weighted by Gasteiger charge is -2.26. The second-order valence-electron chi connectivity index (χ2n) is 7.13. The number of H-pyrrole nitrogens is 1. The van der Waals surface area contributed by atoms with E-state index in [1.54, 1.807) is 0 Å². The van der Waals surface area contributed by atoms with Gasteiger partial charge in [-0.1, -0.05) is 27.7 Å². The lowest BCUT2D eigenvalue weighted by molar-refractivity contribution is 0.372. The van der Waals surface area contributed by atoms with Crippen LogP contribution < -0.4 is 5.32 Å². The third-order valence-corrected chi connectivity index (χ3v) is 4.39. The Bertz CT molecular complexity index is 620. The number of hydrogen-bond donors (Lipinski definition) is 2. The van der Waals surface area contributed by atoms with E-state index in [4.69, 9.17) is 0 Å². The molecule has 0 saturated carbocycles. The van der Waals surface area contributed by atoms with Crippen LogP contribution in [-0.2, 0) is 31.3 Å². The first-order valence-corrected chi connectivity index (χ1v) is 8.16. The Morgan fingerprint density at radius 3 is 2.91 bits per heavy atom. The molecule has 0 fully saturated rings. The fourth-order valence-corrected chi connectivity index (χ4v) is 3.16. The molecule has 1 aliphatic rings. The molecule has 0 spiro atoms. The summed E-state index contributed by atoms with van der Waals surface area (Å²) in [5, 5.41) is 19.6. The summed E-state index contributed by atoms with van der Waals surface area (Å²) in [6.07, 6.45) is 5.00. The molecule has 0 radical (unpaired) electrons. The molecule has 3 rings (SSSR count). The predicted octanol–water partition coefficient (Wildman–Crippen LogP) is 1.97. The number of aromatic amines is 1. The highest BCUT2D eigenvalue weighted by Crippen LogP contribution is 2.23. The van der Waals surface area contributed by atoms with Crippen LogP contribution in [0.2, 0.25) is 0 Å². The Morgan fingerprint density at radius 2 is 2.18 bits per heavy atom. The molecule has 0 saturated heterocycles. The van der Waals surface area contributed by atoms with E-state index < -0.39 is 0 Å². The molecule has 1 atom stereocenters. The van der Waals surface area contributed by atoms with Crippen molar-refractivity contribution in [2.24, 2.45) is 0 Å². The molecule has 6 heteroatoms. The van der Waals surface area contributed by atoms with E-state index in [1.165, 1.54) is 11.3 Å². The first-order valence-electron chi connectivity index (χ1n) is 8.16. The molecule has 3 heterocycles. The van der Waals surface area contributed by atoms with Gasteiger partial charge in [0.05, 0.1) is 6.20 Å². The van der Waals surface area contributed by atoms with Crippen molar-refractivity contribution in [3.63, 3.8) is 0 Å². The largest absolute Gasteiger partial charge is 0.313 e. The fourth-order valence-electron chi connectivity index (χ4n) is 3.16. The molecule has 6 nitrogen and oxygen atoms in total. The van der Waals surface area contributed by atoms with Crippen LogP contribution in [0.4, 0.5) is 0 Å². The van der Waals surface area contributed by atoms with Crippen LogP contribution in [0.25, 0.3) is 0 Å². The number of fused-ring (bicyclic) bond motifs is 1. The summed E-state index contributed by atoms with van der Waals surface area (Å²) in [6, 6.07) is 0.469. The molecule has 2 aromatic heterocycles. The summed E-state index contributed by atoms with van der Waals surface area (Å²) in [4.78, 5) is 0. The monoisotopic (exact) mass is 302 g/mol. The average Bonchev–Trinajstić information content (AvgIpc) is 3.10. The molecular formula is C16H26N6. The number of nitrogens with zero attached hydrogens (tertiary/aromatic N) is 4. The molecule has 2 N–H and O–H groups in total. The van der Waals surface area contributed by atoms with E-state index in [1.807, 2.05) is 6.20 Å². The van der Waals surface area contributed by atoms with E-state index in [9.17, 15) is 0 Å². The Kier molecular flexibility index (Phi) is 4.04. The van der Waals surface area contributed by atoms with Crippen molar-refractivity contribution in [1.82, 2.24) is 30.3 Å². The number of rotatable bonds is 4. The van der Waals surface area contributed by atoms with Gasteiger partial charge in [-0.15, -0.1) is 10.2 Å². The Hall–Kier alpha value is -1.69. The molecule has 0 unspecified atom stereocenters. The Labute approximate surface area is 131 Å². The average molecular weight is 302 g/mol. The van der Waals surface area contributed by atoms with E-state index in [2.05, 4.69) is 58.0 Å². The van der Waals surface area contributed by atoms with Crippen molar-refractivity contribution in [2.75, 3.05) is 0 Å². The molecular weight excluding hydrogens is 276 g/mol. The third-order valence-electron chi connectivity index (χ3n) is 4.39. The summed E-state index contributed by atoms with van der Waals surface area (Å²) < 4.78 is 2.28. The van der Waals surface area contributed by atoms with E-state index in [-0.39, 0.29) is 5.41 Å². The fraction of sp³-hybridized carbons (Fsp3) is 0.688. The van der Waals surface area contributed by atoms with Crippen molar-refractivity contribution < 1.29 is 0 Å². The Balaban J connectivity index is 1.65. The highest BCUT2D eigenvalue weighted by Gasteiger charge is 2.24.